The van der Waals surface area contributed by atoms with Crippen molar-refractivity contribution in [2.24, 2.45) is 5.92 Å². The van der Waals surface area contributed by atoms with Crippen LogP contribution in [0.2, 0.25) is 0 Å². The molecule has 1 fully saturated rings. The molecule has 1 N–H and O–H groups in total. The fraction of sp³-hybridized carbons (Fsp3) is 0.529. The lowest BCUT2D eigenvalue weighted by Crippen LogP contribution is -2.52. The first kappa shape index (κ1) is 16.6. The van der Waals surface area contributed by atoms with Crippen LogP contribution < -0.4 is 10.2 Å². The van der Waals surface area contributed by atoms with Crippen LogP contribution in [0.25, 0.3) is 11.2 Å². The van der Waals surface area contributed by atoms with Gasteiger partial charge in [-0.1, -0.05) is 6.92 Å². The van der Waals surface area contributed by atoms with Crippen LogP contribution >= 0.6 is 0 Å². The van der Waals surface area contributed by atoms with Gasteiger partial charge in [-0.05, 0) is 25.3 Å². The summed E-state index contributed by atoms with van der Waals surface area (Å²) >= 11 is 0. The number of carbonyl (C=O) groups is 1. The molecule has 0 saturated carbocycles. The number of rotatable bonds is 4. The van der Waals surface area contributed by atoms with Crippen molar-refractivity contribution in [2.45, 2.75) is 32.4 Å². The molecule has 3 heterocycles. The Morgan fingerprint density at radius 1 is 1.29 bits per heavy atom. The molecule has 128 valence electrons. The van der Waals surface area contributed by atoms with Gasteiger partial charge < -0.3 is 15.0 Å². The SMILES string of the molecule is CO[C@H](C)C(=O)N[C@@H]1C[C@H](C)CN(c2ccnc3nccnc23)C1. The van der Waals surface area contributed by atoms with E-state index in [-0.39, 0.29) is 11.9 Å². The highest BCUT2D eigenvalue weighted by atomic mass is 16.5. The summed E-state index contributed by atoms with van der Waals surface area (Å²) in [5.41, 5.74) is 2.45. The van der Waals surface area contributed by atoms with Crippen LogP contribution in [-0.4, -0.2) is 53.2 Å². The molecular formula is C17H23N5O2. The van der Waals surface area contributed by atoms with Crippen molar-refractivity contribution in [1.29, 1.82) is 0 Å². The maximum absolute atomic E-state index is 12.1. The summed E-state index contributed by atoms with van der Waals surface area (Å²) in [7, 11) is 1.54. The first-order chi connectivity index (χ1) is 11.6. The quantitative estimate of drug-likeness (QED) is 0.913. The third-order valence-corrected chi connectivity index (χ3v) is 4.42. The maximum Gasteiger partial charge on any atom is 0.249 e. The number of pyridine rings is 1. The van der Waals surface area contributed by atoms with Crippen molar-refractivity contribution in [3.8, 4) is 0 Å². The fourth-order valence-electron chi connectivity index (χ4n) is 3.20. The highest BCUT2D eigenvalue weighted by Gasteiger charge is 2.28. The van der Waals surface area contributed by atoms with Gasteiger partial charge >= 0.3 is 0 Å². The van der Waals surface area contributed by atoms with Gasteiger partial charge in [0, 0.05) is 44.8 Å². The lowest BCUT2D eigenvalue weighted by molar-refractivity contribution is -0.130. The monoisotopic (exact) mass is 329 g/mol. The summed E-state index contributed by atoms with van der Waals surface area (Å²) < 4.78 is 5.10. The molecule has 1 amide bonds. The third kappa shape index (κ3) is 3.46. The molecular weight excluding hydrogens is 306 g/mol. The molecule has 0 unspecified atom stereocenters. The zero-order valence-electron chi connectivity index (χ0n) is 14.3. The van der Waals surface area contributed by atoms with Gasteiger partial charge in [-0.3, -0.25) is 4.79 Å². The highest BCUT2D eigenvalue weighted by molar-refractivity contribution is 5.85. The zero-order valence-corrected chi connectivity index (χ0v) is 14.3. The van der Waals surface area contributed by atoms with Gasteiger partial charge in [0.25, 0.3) is 0 Å². The van der Waals surface area contributed by atoms with Crippen molar-refractivity contribution in [3.05, 3.63) is 24.7 Å². The van der Waals surface area contributed by atoms with E-state index in [1.165, 1.54) is 0 Å². The molecule has 0 aromatic carbocycles. The largest absolute Gasteiger partial charge is 0.372 e. The Kier molecular flexibility index (Phi) is 4.89. The van der Waals surface area contributed by atoms with Gasteiger partial charge in [-0.15, -0.1) is 0 Å². The number of anilines is 1. The van der Waals surface area contributed by atoms with Gasteiger partial charge in [0.15, 0.2) is 5.65 Å². The maximum atomic E-state index is 12.1. The van der Waals surface area contributed by atoms with E-state index in [0.29, 0.717) is 11.6 Å². The average Bonchev–Trinajstić information content (AvgIpc) is 2.60. The number of nitrogens with one attached hydrogen (secondary N) is 1. The predicted octanol–water partition coefficient (Wildman–Crippen LogP) is 1.39. The Morgan fingerprint density at radius 2 is 2.04 bits per heavy atom. The van der Waals surface area contributed by atoms with Gasteiger partial charge in [0.1, 0.15) is 11.6 Å². The van der Waals surface area contributed by atoms with E-state index in [0.717, 1.165) is 30.7 Å². The lowest BCUT2D eigenvalue weighted by Gasteiger charge is -2.38. The standard InChI is InChI=1S/C17H23N5O2/c1-11-8-13(21-17(23)12(2)24-3)10-22(9-11)14-4-5-19-16-15(14)18-6-7-20-16/h4-7,11-13H,8-10H2,1-3H3,(H,21,23)/t11-,12+,13+/m0/s1. The number of methoxy groups -OCH3 is 1. The summed E-state index contributed by atoms with van der Waals surface area (Å²) in [6.45, 7) is 5.61. The number of aromatic nitrogens is 3. The van der Waals surface area contributed by atoms with E-state index >= 15 is 0 Å². The second-order valence-electron chi connectivity index (χ2n) is 6.39. The Hall–Kier alpha value is -2.28. The third-order valence-electron chi connectivity index (χ3n) is 4.42. The van der Waals surface area contributed by atoms with Crippen LogP contribution in [0.5, 0.6) is 0 Å². The molecule has 3 rings (SSSR count). The van der Waals surface area contributed by atoms with Gasteiger partial charge in [0.2, 0.25) is 5.91 Å². The van der Waals surface area contributed by atoms with E-state index in [1.54, 1.807) is 32.6 Å². The number of hydrogen-bond acceptors (Lipinski definition) is 6. The second kappa shape index (κ2) is 7.09. The number of piperidine rings is 1. The van der Waals surface area contributed by atoms with E-state index in [2.05, 4.69) is 32.1 Å². The first-order valence-electron chi connectivity index (χ1n) is 8.22. The smallest absolute Gasteiger partial charge is 0.249 e. The summed E-state index contributed by atoms with van der Waals surface area (Å²) in [6, 6.07) is 2.05. The molecule has 7 nitrogen and oxygen atoms in total. The summed E-state index contributed by atoms with van der Waals surface area (Å²) in [5, 5.41) is 3.09. The van der Waals surface area contributed by atoms with E-state index < -0.39 is 6.10 Å². The Bertz CT molecular complexity index is 718. The molecule has 0 bridgehead atoms. The van der Waals surface area contributed by atoms with Crippen LogP contribution in [0, 0.1) is 5.92 Å². The number of nitrogens with zero attached hydrogens (tertiary/aromatic N) is 4. The van der Waals surface area contributed by atoms with Crippen molar-refractivity contribution in [2.75, 3.05) is 25.1 Å². The molecule has 2 aromatic heterocycles. The minimum Gasteiger partial charge on any atom is -0.372 e. The second-order valence-corrected chi connectivity index (χ2v) is 6.39. The number of amides is 1. The van der Waals surface area contributed by atoms with E-state index in [4.69, 9.17) is 4.74 Å². The molecule has 0 spiro atoms. The molecule has 3 atom stereocenters. The van der Waals surface area contributed by atoms with Crippen molar-refractivity contribution in [3.63, 3.8) is 0 Å². The zero-order chi connectivity index (χ0) is 17.1. The molecule has 0 aliphatic carbocycles. The number of carbonyl (C=O) groups excluding carboxylic acids is 1. The van der Waals surface area contributed by atoms with Gasteiger partial charge in [-0.25, -0.2) is 15.0 Å². The van der Waals surface area contributed by atoms with Crippen molar-refractivity contribution in [1.82, 2.24) is 20.3 Å². The minimum absolute atomic E-state index is 0.0732. The van der Waals surface area contributed by atoms with Crippen LogP contribution in [0.1, 0.15) is 20.3 Å². The molecule has 24 heavy (non-hydrogen) atoms. The number of ether oxygens (including phenoxy) is 1. The van der Waals surface area contributed by atoms with E-state index in [1.807, 2.05) is 6.07 Å². The van der Waals surface area contributed by atoms with Crippen molar-refractivity contribution >= 4 is 22.8 Å². The van der Waals surface area contributed by atoms with Gasteiger partial charge in [-0.2, -0.15) is 0 Å². The molecule has 1 aliphatic heterocycles. The molecule has 1 aliphatic rings. The topological polar surface area (TPSA) is 80.2 Å². The van der Waals surface area contributed by atoms with Crippen LogP contribution in [0.15, 0.2) is 24.7 Å². The molecule has 0 radical (unpaired) electrons. The predicted molar refractivity (Wildman–Crippen MR) is 91.7 cm³/mol. The fourth-order valence-corrected chi connectivity index (χ4v) is 3.20. The van der Waals surface area contributed by atoms with Crippen LogP contribution in [-0.2, 0) is 9.53 Å². The number of hydrogen-bond donors (Lipinski definition) is 1. The van der Waals surface area contributed by atoms with Crippen molar-refractivity contribution < 1.29 is 9.53 Å². The summed E-state index contributed by atoms with van der Waals surface area (Å²) in [6.07, 6.45) is 5.59. The van der Waals surface area contributed by atoms with Crippen LogP contribution in [0.3, 0.4) is 0 Å². The molecule has 7 heteroatoms. The Labute approximate surface area is 141 Å². The first-order valence-corrected chi connectivity index (χ1v) is 8.22. The summed E-state index contributed by atoms with van der Waals surface area (Å²) in [5.74, 6) is 0.387. The highest BCUT2D eigenvalue weighted by Crippen LogP contribution is 2.27. The average molecular weight is 329 g/mol. The van der Waals surface area contributed by atoms with E-state index in [9.17, 15) is 4.79 Å². The van der Waals surface area contributed by atoms with Gasteiger partial charge in [0.05, 0.1) is 5.69 Å². The van der Waals surface area contributed by atoms with Crippen LogP contribution in [0.4, 0.5) is 5.69 Å². The lowest BCUT2D eigenvalue weighted by atomic mass is 9.95. The molecule has 1 saturated heterocycles. The Balaban J connectivity index is 1.81. The normalized spacial score (nSPS) is 22.4. The molecule has 2 aromatic rings. The number of fused-ring (bicyclic) bond motifs is 1. The summed E-state index contributed by atoms with van der Waals surface area (Å²) in [4.78, 5) is 27.4. The Morgan fingerprint density at radius 3 is 2.83 bits per heavy atom. The minimum atomic E-state index is -0.441.